The van der Waals surface area contributed by atoms with E-state index in [1.54, 1.807) is 7.11 Å². The summed E-state index contributed by atoms with van der Waals surface area (Å²) in [6.07, 6.45) is 2.97. The summed E-state index contributed by atoms with van der Waals surface area (Å²) in [5, 5.41) is 7.54. The highest BCUT2D eigenvalue weighted by Crippen LogP contribution is 2.04. The fraction of sp³-hybridized carbons (Fsp3) is 0.700. The monoisotopic (exact) mass is 197 g/mol. The molecular weight excluding hydrogens is 178 g/mol. The molecular formula is C10H19N3O. The number of nitrogens with zero attached hydrogens (tertiary/aromatic N) is 2. The minimum atomic E-state index is 0.818. The Labute approximate surface area is 85.3 Å². The Balaban J connectivity index is 2.21. The van der Waals surface area contributed by atoms with Gasteiger partial charge < -0.3 is 10.1 Å². The zero-order chi connectivity index (χ0) is 10.4. The van der Waals surface area contributed by atoms with Gasteiger partial charge in [-0.15, -0.1) is 0 Å². The van der Waals surface area contributed by atoms with Crippen LogP contribution in [0.2, 0.25) is 0 Å². The summed E-state index contributed by atoms with van der Waals surface area (Å²) in [4.78, 5) is 0. The van der Waals surface area contributed by atoms with E-state index in [1.807, 2.05) is 17.9 Å². The van der Waals surface area contributed by atoms with Gasteiger partial charge in [-0.3, -0.25) is 4.68 Å². The lowest BCUT2D eigenvalue weighted by molar-refractivity contribution is 0.194. The smallest absolute Gasteiger partial charge is 0.0537 e. The van der Waals surface area contributed by atoms with Crippen molar-refractivity contribution in [1.29, 1.82) is 0 Å². The third-order valence-electron chi connectivity index (χ3n) is 2.35. The molecule has 0 saturated carbocycles. The Bertz CT molecular complexity index is 270. The molecule has 4 nitrogen and oxygen atoms in total. The van der Waals surface area contributed by atoms with Gasteiger partial charge in [-0.05, 0) is 19.9 Å². The van der Waals surface area contributed by atoms with Crippen LogP contribution in [0.3, 0.4) is 0 Å². The largest absolute Gasteiger partial charge is 0.385 e. The average Bonchev–Trinajstić information content (AvgIpc) is 2.49. The molecule has 1 aromatic heterocycles. The third-order valence-corrected chi connectivity index (χ3v) is 2.35. The summed E-state index contributed by atoms with van der Waals surface area (Å²) in [5.41, 5.74) is 2.49. The van der Waals surface area contributed by atoms with Crippen LogP contribution in [0.5, 0.6) is 0 Å². The lowest BCUT2D eigenvalue weighted by Crippen LogP contribution is -2.16. The molecule has 0 aromatic carbocycles. The van der Waals surface area contributed by atoms with Crippen LogP contribution in [-0.2, 0) is 18.3 Å². The summed E-state index contributed by atoms with van der Waals surface area (Å²) < 4.78 is 6.86. The minimum Gasteiger partial charge on any atom is -0.385 e. The second kappa shape index (κ2) is 5.78. The fourth-order valence-electron chi connectivity index (χ4n) is 1.28. The van der Waals surface area contributed by atoms with Crippen molar-refractivity contribution in [3.63, 3.8) is 0 Å². The van der Waals surface area contributed by atoms with E-state index in [0.717, 1.165) is 26.1 Å². The van der Waals surface area contributed by atoms with Crippen LogP contribution in [0.1, 0.15) is 17.7 Å². The molecule has 0 saturated heterocycles. The Kier molecular flexibility index (Phi) is 4.62. The number of ether oxygens (including phenoxy) is 1. The molecule has 1 aromatic rings. The van der Waals surface area contributed by atoms with E-state index < -0.39 is 0 Å². The molecule has 0 amide bonds. The summed E-state index contributed by atoms with van der Waals surface area (Å²) >= 11 is 0. The van der Waals surface area contributed by atoms with Gasteiger partial charge >= 0.3 is 0 Å². The Morgan fingerprint density at radius 2 is 2.36 bits per heavy atom. The lowest BCUT2D eigenvalue weighted by atomic mass is 10.2. The predicted octanol–water partition coefficient (Wildman–Crippen LogP) is 0.855. The number of rotatable bonds is 6. The van der Waals surface area contributed by atoms with Gasteiger partial charge in [0, 0.05) is 38.6 Å². The van der Waals surface area contributed by atoms with E-state index in [9.17, 15) is 0 Å². The highest BCUT2D eigenvalue weighted by Gasteiger charge is 2.01. The van der Waals surface area contributed by atoms with Gasteiger partial charge in [0.2, 0.25) is 0 Å². The van der Waals surface area contributed by atoms with E-state index in [0.29, 0.717) is 0 Å². The Hall–Kier alpha value is -0.870. The molecule has 80 valence electrons. The van der Waals surface area contributed by atoms with Crippen molar-refractivity contribution in [3.05, 3.63) is 17.5 Å². The Morgan fingerprint density at radius 1 is 1.57 bits per heavy atom. The number of hydrogen-bond acceptors (Lipinski definition) is 3. The van der Waals surface area contributed by atoms with Gasteiger partial charge in [0.25, 0.3) is 0 Å². The SMILES string of the molecule is COCCCNCc1cnn(C)c1C. The van der Waals surface area contributed by atoms with Crippen LogP contribution < -0.4 is 5.32 Å². The number of aryl methyl sites for hydroxylation is 1. The van der Waals surface area contributed by atoms with Gasteiger partial charge in [0.1, 0.15) is 0 Å². The standard InChI is InChI=1S/C10H19N3O/c1-9-10(8-12-13(9)2)7-11-5-4-6-14-3/h8,11H,4-7H2,1-3H3. The lowest BCUT2D eigenvalue weighted by Gasteiger charge is -2.03. The summed E-state index contributed by atoms with van der Waals surface area (Å²) in [6, 6.07) is 0. The van der Waals surface area contributed by atoms with E-state index in [-0.39, 0.29) is 0 Å². The highest BCUT2D eigenvalue weighted by molar-refractivity contribution is 5.15. The van der Waals surface area contributed by atoms with Crippen molar-refractivity contribution in [2.24, 2.45) is 7.05 Å². The molecule has 1 N–H and O–H groups in total. The number of methoxy groups -OCH3 is 1. The predicted molar refractivity (Wildman–Crippen MR) is 56.1 cm³/mol. The Morgan fingerprint density at radius 3 is 2.93 bits per heavy atom. The van der Waals surface area contributed by atoms with E-state index in [2.05, 4.69) is 17.3 Å². The molecule has 0 fully saturated rings. The number of hydrogen-bond donors (Lipinski definition) is 1. The molecule has 0 radical (unpaired) electrons. The molecule has 4 heteroatoms. The summed E-state index contributed by atoms with van der Waals surface area (Å²) in [6.45, 7) is 4.78. The zero-order valence-electron chi connectivity index (χ0n) is 9.21. The second-order valence-electron chi connectivity index (χ2n) is 3.40. The van der Waals surface area contributed by atoms with Crippen molar-refractivity contribution in [1.82, 2.24) is 15.1 Å². The van der Waals surface area contributed by atoms with Crippen molar-refractivity contribution in [2.75, 3.05) is 20.3 Å². The van der Waals surface area contributed by atoms with Gasteiger partial charge in [0.15, 0.2) is 0 Å². The molecule has 0 aliphatic carbocycles. The topological polar surface area (TPSA) is 39.1 Å². The average molecular weight is 197 g/mol. The van der Waals surface area contributed by atoms with Crippen molar-refractivity contribution in [2.45, 2.75) is 19.9 Å². The molecule has 0 bridgehead atoms. The molecule has 0 aliphatic rings. The first-order valence-electron chi connectivity index (χ1n) is 4.93. The maximum atomic E-state index is 4.97. The van der Waals surface area contributed by atoms with Gasteiger partial charge in [-0.1, -0.05) is 0 Å². The van der Waals surface area contributed by atoms with Crippen LogP contribution in [-0.4, -0.2) is 30.0 Å². The van der Waals surface area contributed by atoms with Crippen LogP contribution in [0.4, 0.5) is 0 Å². The third kappa shape index (κ3) is 3.12. The summed E-state index contributed by atoms with van der Waals surface area (Å²) in [5.74, 6) is 0. The van der Waals surface area contributed by atoms with Crippen molar-refractivity contribution in [3.8, 4) is 0 Å². The molecule has 0 aliphatic heterocycles. The molecule has 0 spiro atoms. The maximum absolute atomic E-state index is 4.97. The zero-order valence-corrected chi connectivity index (χ0v) is 9.21. The minimum absolute atomic E-state index is 0.818. The van der Waals surface area contributed by atoms with Crippen LogP contribution in [0.15, 0.2) is 6.20 Å². The molecule has 0 atom stereocenters. The second-order valence-corrected chi connectivity index (χ2v) is 3.40. The number of nitrogens with one attached hydrogen (secondary N) is 1. The summed E-state index contributed by atoms with van der Waals surface area (Å²) in [7, 11) is 3.69. The van der Waals surface area contributed by atoms with Crippen molar-refractivity contribution >= 4 is 0 Å². The maximum Gasteiger partial charge on any atom is 0.0537 e. The first-order valence-corrected chi connectivity index (χ1v) is 4.93. The fourth-order valence-corrected chi connectivity index (χ4v) is 1.28. The highest BCUT2D eigenvalue weighted by atomic mass is 16.5. The molecule has 14 heavy (non-hydrogen) atoms. The van der Waals surface area contributed by atoms with Gasteiger partial charge in [-0.25, -0.2) is 0 Å². The van der Waals surface area contributed by atoms with E-state index in [1.165, 1.54) is 11.3 Å². The first-order chi connectivity index (χ1) is 6.75. The van der Waals surface area contributed by atoms with E-state index in [4.69, 9.17) is 4.74 Å². The molecule has 1 heterocycles. The normalized spacial score (nSPS) is 10.8. The van der Waals surface area contributed by atoms with E-state index >= 15 is 0 Å². The van der Waals surface area contributed by atoms with Gasteiger partial charge in [0.05, 0.1) is 6.20 Å². The van der Waals surface area contributed by atoms with Crippen molar-refractivity contribution < 1.29 is 4.74 Å². The van der Waals surface area contributed by atoms with Crippen LogP contribution in [0.25, 0.3) is 0 Å². The van der Waals surface area contributed by atoms with Crippen LogP contribution >= 0.6 is 0 Å². The molecule has 1 rings (SSSR count). The number of aromatic nitrogens is 2. The van der Waals surface area contributed by atoms with Crippen LogP contribution in [0, 0.1) is 6.92 Å². The quantitative estimate of drug-likeness (QED) is 0.687. The molecule has 0 unspecified atom stereocenters. The first kappa shape index (κ1) is 11.2. The van der Waals surface area contributed by atoms with Gasteiger partial charge in [-0.2, -0.15) is 5.10 Å².